The van der Waals surface area contributed by atoms with Gasteiger partial charge in [-0.2, -0.15) is 0 Å². The minimum absolute atomic E-state index is 0.193. The maximum Gasteiger partial charge on any atom is 0.338 e. The molecule has 2 nitrogen and oxygen atoms in total. The second-order valence-corrected chi connectivity index (χ2v) is 4.90. The minimum Gasteiger partial charge on any atom is -0.457 e. The average molecular weight is 386 g/mol. The van der Waals surface area contributed by atoms with E-state index in [0.29, 0.717) is 6.61 Å². The summed E-state index contributed by atoms with van der Waals surface area (Å²) in [6, 6.07) is 3.91. The highest BCUT2D eigenvalue weighted by atomic mass is 127. The van der Waals surface area contributed by atoms with E-state index in [-0.39, 0.29) is 5.97 Å². The number of esters is 1. The fourth-order valence-electron chi connectivity index (χ4n) is 1.15. The number of fused-ring (bicyclic) bond motifs is 1. The Balaban J connectivity index is 2.68. The van der Waals surface area contributed by atoms with Crippen molar-refractivity contribution in [1.29, 1.82) is 0 Å². The van der Waals surface area contributed by atoms with Crippen LogP contribution in [0.4, 0.5) is 0 Å². The highest BCUT2D eigenvalue weighted by molar-refractivity contribution is 14.1. The van der Waals surface area contributed by atoms with Crippen molar-refractivity contribution in [3.05, 3.63) is 30.4 Å². The van der Waals surface area contributed by atoms with Gasteiger partial charge < -0.3 is 4.74 Å². The van der Waals surface area contributed by atoms with E-state index in [9.17, 15) is 4.79 Å². The zero-order valence-corrected chi connectivity index (χ0v) is 10.2. The molecule has 0 aromatic heterocycles. The van der Waals surface area contributed by atoms with Crippen molar-refractivity contribution in [2.75, 3.05) is 0 Å². The van der Waals surface area contributed by atoms with Crippen LogP contribution in [0.25, 0.3) is 0 Å². The zero-order valence-electron chi connectivity index (χ0n) is 5.93. The van der Waals surface area contributed by atoms with Crippen molar-refractivity contribution in [1.82, 2.24) is 0 Å². The van der Waals surface area contributed by atoms with Crippen LogP contribution in [0.15, 0.2) is 12.1 Å². The number of ether oxygens (including phenoxy) is 1. The second kappa shape index (κ2) is 3.13. The first kappa shape index (κ1) is 8.74. The van der Waals surface area contributed by atoms with Gasteiger partial charge in [0, 0.05) is 12.7 Å². The van der Waals surface area contributed by atoms with Gasteiger partial charge in [0.1, 0.15) is 6.61 Å². The van der Waals surface area contributed by atoms with Crippen LogP contribution in [-0.4, -0.2) is 5.97 Å². The van der Waals surface area contributed by atoms with Gasteiger partial charge in [-0.25, -0.2) is 4.79 Å². The van der Waals surface area contributed by atoms with Crippen molar-refractivity contribution in [3.63, 3.8) is 0 Å². The lowest BCUT2D eigenvalue weighted by molar-refractivity contribution is 0.0534. The normalized spacial score (nSPS) is 14.3. The molecule has 1 aromatic carbocycles. The molecule has 4 heteroatoms. The molecule has 1 aliphatic heterocycles. The van der Waals surface area contributed by atoms with Gasteiger partial charge in [0.15, 0.2) is 0 Å². The van der Waals surface area contributed by atoms with Gasteiger partial charge in [-0.3, -0.25) is 0 Å². The number of hydrogen-bond donors (Lipinski definition) is 0. The monoisotopic (exact) mass is 386 g/mol. The summed E-state index contributed by atoms with van der Waals surface area (Å²) in [6.45, 7) is 0.434. The third kappa shape index (κ3) is 1.34. The maximum atomic E-state index is 11.1. The van der Waals surface area contributed by atoms with Crippen LogP contribution >= 0.6 is 45.2 Å². The number of carbonyl (C=O) groups excluding carboxylic acids is 1. The fraction of sp³-hybridized carbons (Fsp3) is 0.125. The molecular formula is C8H4I2O2. The number of carbonyl (C=O) groups is 1. The first-order valence-corrected chi connectivity index (χ1v) is 5.49. The molecule has 0 radical (unpaired) electrons. The van der Waals surface area contributed by atoms with Crippen LogP contribution in [0.2, 0.25) is 0 Å². The van der Waals surface area contributed by atoms with Crippen LogP contribution in [-0.2, 0) is 11.3 Å². The topological polar surface area (TPSA) is 26.3 Å². The highest BCUT2D eigenvalue weighted by Crippen LogP contribution is 2.26. The third-order valence-corrected chi connectivity index (χ3v) is 3.31. The van der Waals surface area contributed by atoms with Crippen LogP contribution in [0.5, 0.6) is 0 Å². The molecule has 0 atom stereocenters. The van der Waals surface area contributed by atoms with E-state index >= 15 is 0 Å². The Morgan fingerprint density at radius 3 is 2.83 bits per heavy atom. The van der Waals surface area contributed by atoms with Crippen LogP contribution in [0.1, 0.15) is 15.9 Å². The SMILES string of the molecule is O=C1OCc2c(I)cc(I)cc21. The molecule has 0 spiro atoms. The van der Waals surface area contributed by atoms with E-state index in [1.54, 1.807) is 0 Å². The molecule has 0 aliphatic carbocycles. The third-order valence-electron chi connectivity index (χ3n) is 1.73. The molecule has 0 saturated heterocycles. The van der Waals surface area contributed by atoms with Crippen LogP contribution < -0.4 is 0 Å². The van der Waals surface area contributed by atoms with E-state index < -0.39 is 0 Å². The maximum absolute atomic E-state index is 11.1. The molecule has 0 unspecified atom stereocenters. The second-order valence-electron chi connectivity index (χ2n) is 2.49. The number of hydrogen-bond acceptors (Lipinski definition) is 2. The van der Waals surface area contributed by atoms with Crippen LogP contribution in [0.3, 0.4) is 0 Å². The van der Waals surface area contributed by atoms with Gasteiger partial charge in [0.05, 0.1) is 5.56 Å². The van der Waals surface area contributed by atoms with Crippen molar-refractivity contribution in [3.8, 4) is 0 Å². The van der Waals surface area contributed by atoms with Crippen molar-refractivity contribution in [2.45, 2.75) is 6.61 Å². The lowest BCUT2D eigenvalue weighted by atomic mass is 10.1. The van der Waals surface area contributed by atoms with Gasteiger partial charge in [-0.15, -0.1) is 0 Å². The summed E-state index contributed by atoms with van der Waals surface area (Å²) in [4.78, 5) is 11.1. The van der Waals surface area contributed by atoms with Gasteiger partial charge >= 0.3 is 5.97 Å². The lowest BCUT2D eigenvalue weighted by Crippen LogP contribution is -1.94. The van der Waals surface area contributed by atoms with Crippen molar-refractivity contribution < 1.29 is 9.53 Å². The minimum atomic E-state index is -0.193. The van der Waals surface area contributed by atoms with E-state index in [4.69, 9.17) is 4.74 Å². The smallest absolute Gasteiger partial charge is 0.338 e. The molecular weight excluding hydrogens is 382 g/mol. The molecule has 1 aliphatic rings. The molecule has 12 heavy (non-hydrogen) atoms. The summed E-state index contributed by atoms with van der Waals surface area (Å²) in [5, 5.41) is 0. The number of cyclic esters (lactones) is 1. The molecule has 0 bridgehead atoms. The summed E-state index contributed by atoms with van der Waals surface area (Å²) in [7, 11) is 0. The molecule has 62 valence electrons. The highest BCUT2D eigenvalue weighted by Gasteiger charge is 2.23. The lowest BCUT2D eigenvalue weighted by Gasteiger charge is -1.98. The van der Waals surface area contributed by atoms with Crippen molar-refractivity contribution in [2.24, 2.45) is 0 Å². The van der Waals surface area contributed by atoms with Gasteiger partial charge in [0.25, 0.3) is 0 Å². The molecule has 0 amide bonds. The predicted octanol–water partition coefficient (Wildman–Crippen LogP) is 2.57. The Bertz CT molecular complexity index is 360. The number of rotatable bonds is 0. The number of halogens is 2. The molecule has 0 N–H and O–H groups in total. The first-order valence-electron chi connectivity index (χ1n) is 3.33. The largest absolute Gasteiger partial charge is 0.457 e. The van der Waals surface area contributed by atoms with E-state index in [1.807, 2.05) is 12.1 Å². The summed E-state index contributed by atoms with van der Waals surface area (Å²) in [5.41, 5.74) is 1.76. The standard InChI is InChI=1S/C8H4I2O2/c9-4-1-5-6(7(10)2-4)3-12-8(5)11/h1-2H,3H2. The van der Waals surface area contributed by atoms with Crippen LogP contribution in [0, 0.1) is 7.14 Å². The van der Waals surface area contributed by atoms with Crippen molar-refractivity contribution >= 4 is 51.2 Å². The predicted molar refractivity (Wildman–Crippen MR) is 61.0 cm³/mol. The van der Waals surface area contributed by atoms with E-state index in [2.05, 4.69) is 45.2 Å². The quantitative estimate of drug-likeness (QED) is 0.507. The molecule has 1 aromatic rings. The van der Waals surface area contributed by atoms with E-state index in [0.717, 1.165) is 18.3 Å². The Labute approximate surface area is 97.0 Å². The first-order chi connectivity index (χ1) is 5.68. The molecule has 0 saturated carbocycles. The Morgan fingerprint density at radius 1 is 1.33 bits per heavy atom. The number of benzene rings is 1. The summed E-state index contributed by atoms with van der Waals surface area (Å²) in [6.07, 6.45) is 0. The van der Waals surface area contributed by atoms with E-state index in [1.165, 1.54) is 0 Å². The Morgan fingerprint density at radius 2 is 2.08 bits per heavy atom. The zero-order chi connectivity index (χ0) is 8.72. The molecule has 1 heterocycles. The summed E-state index contributed by atoms with van der Waals surface area (Å²) < 4.78 is 7.10. The van der Waals surface area contributed by atoms with Gasteiger partial charge in [-0.1, -0.05) is 0 Å². The summed E-state index contributed by atoms with van der Waals surface area (Å²) in [5.74, 6) is -0.193. The molecule has 2 rings (SSSR count). The average Bonchev–Trinajstić information content (AvgIpc) is 2.33. The Kier molecular flexibility index (Phi) is 2.28. The molecule has 0 fully saturated rings. The van der Waals surface area contributed by atoms with Gasteiger partial charge in [0.2, 0.25) is 0 Å². The summed E-state index contributed by atoms with van der Waals surface area (Å²) >= 11 is 4.42. The fourth-order valence-corrected chi connectivity index (χ4v) is 3.15. The van der Waals surface area contributed by atoms with Gasteiger partial charge in [-0.05, 0) is 57.3 Å². The Hall–Kier alpha value is 0.150.